The number of nitrogens with one attached hydrogen (secondary N) is 1. The molecule has 0 aromatic rings. The van der Waals surface area contributed by atoms with Crippen molar-refractivity contribution in [3.63, 3.8) is 0 Å². The van der Waals surface area contributed by atoms with Gasteiger partial charge in [-0.15, -0.1) is 0 Å². The van der Waals surface area contributed by atoms with Crippen LogP contribution in [0.15, 0.2) is 0 Å². The molecule has 2 saturated heterocycles. The predicted octanol–water partition coefficient (Wildman–Crippen LogP) is 2.94. The maximum absolute atomic E-state index is 6.32. The van der Waals surface area contributed by atoms with E-state index in [-0.39, 0.29) is 0 Å². The smallest absolute Gasteiger partial charge is 0.0707 e. The Hall–Kier alpha value is -0.120. The molecule has 21 heavy (non-hydrogen) atoms. The zero-order valence-corrected chi connectivity index (χ0v) is 13.4. The molecule has 0 bridgehead atoms. The van der Waals surface area contributed by atoms with Crippen molar-refractivity contribution in [2.24, 2.45) is 5.92 Å². The van der Waals surface area contributed by atoms with Crippen LogP contribution in [0.4, 0.5) is 0 Å². The van der Waals surface area contributed by atoms with Crippen LogP contribution in [-0.4, -0.2) is 48.8 Å². The lowest BCUT2D eigenvalue weighted by Crippen LogP contribution is -2.49. The Morgan fingerprint density at radius 2 is 1.67 bits per heavy atom. The SMILES string of the molecule is C1CC[C@@H]2[C@H](C1)CCCN2CC1CCC(CNC2CC2)O1. The normalized spacial score (nSPS) is 41.1. The van der Waals surface area contributed by atoms with Crippen molar-refractivity contribution in [1.29, 1.82) is 0 Å². The molecule has 2 aliphatic heterocycles. The molecule has 0 aromatic carbocycles. The highest BCUT2D eigenvalue weighted by Gasteiger charge is 2.36. The number of likely N-dealkylation sites (tertiary alicyclic amines) is 1. The first-order chi connectivity index (χ1) is 10.4. The molecule has 0 spiro atoms. The van der Waals surface area contributed by atoms with Gasteiger partial charge >= 0.3 is 0 Å². The number of hydrogen-bond donors (Lipinski definition) is 1. The summed E-state index contributed by atoms with van der Waals surface area (Å²) < 4.78 is 6.32. The number of rotatable bonds is 5. The Bertz CT molecular complexity index is 342. The van der Waals surface area contributed by atoms with Crippen LogP contribution in [0, 0.1) is 5.92 Å². The van der Waals surface area contributed by atoms with Gasteiger partial charge in [-0.3, -0.25) is 4.90 Å². The second kappa shape index (κ2) is 6.55. The molecule has 3 heteroatoms. The van der Waals surface area contributed by atoms with E-state index in [1.54, 1.807) is 0 Å². The molecular weight excluding hydrogens is 260 g/mol. The second-order valence-corrected chi connectivity index (χ2v) is 7.89. The first-order valence-electron chi connectivity index (χ1n) is 9.51. The number of ether oxygens (including phenoxy) is 1. The minimum atomic E-state index is 0.488. The Labute approximate surface area is 129 Å². The lowest BCUT2D eigenvalue weighted by molar-refractivity contribution is -0.0126. The monoisotopic (exact) mass is 292 g/mol. The number of piperidine rings is 1. The fraction of sp³-hybridized carbons (Fsp3) is 1.00. The Kier molecular flexibility index (Phi) is 4.52. The van der Waals surface area contributed by atoms with E-state index in [1.165, 1.54) is 77.3 Å². The number of hydrogen-bond acceptors (Lipinski definition) is 3. The number of nitrogens with zero attached hydrogens (tertiary/aromatic N) is 1. The molecule has 2 unspecified atom stereocenters. The van der Waals surface area contributed by atoms with Gasteiger partial charge in [0.15, 0.2) is 0 Å². The summed E-state index contributed by atoms with van der Waals surface area (Å²) >= 11 is 0. The average Bonchev–Trinajstić information content (AvgIpc) is 3.25. The summed E-state index contributed by atoms with van der Waals surface area (Å²) in [5.74, 6) is 1.00. The Morgan fingerprint density at radius 1 is 0.857 bits per heavy atom. The van der Waals surface area contributed by atoms with Crippen molar-refractivity contribution in [1.82, 2.24) is 10.2 Å². The fourth-order valence-corrected chi connectivity index (χ4v) is 4.87. The summed E-state index contributed by atoms with van der Waals surface area (Å²) in [6, 6.07) is 1.71. The standard InChI is InChI=1S/C18H32N2O/c1-2-6-18-14(4-1)5-3-11-20(18)13-17-10-9-16(21-17)12-19-15-7-8-15/h14-19H,1-13H2/t14-,16?,17?,18-/m1/s1. The lowest BCUT2D eigenvalue weighted by Gasteiger charge is -2.45. The van der Waals surface area contributed by atoms with Crippen molar-refractivity contribution < 1.29 is 4.74 Å². The highest BCUT2D eigenvalue weighted by molar-refractivity contribution is 4.90. The van der Waals surface area contributed by atoms with Crippen molar-refractivity contribution in [3.8, 4) is 0 Å². The summed E-state index contributed by atoms with van der Waals surface area (Å²) in [6.45, 7) is 3.63. The highest BCUT2D eigenvalue weighted by atomic mass is 16.5. The van der Waals surface area contributed by atoms with Gasteiger partial charge in [-0.1, -0.05) is 12.8 Å². The van der Waals surface area contributed by atoms with Crippen LogP contribution in [-0.2, 0) is 4.74 Å². The summed E-state index contributed by atoms with van der Waals surface area (Å²) in [5, 5.41) is 3.63. The molecule has 4 aliphatic rings. The molecule has 2 aliphatic carbocycles. The Morgan fingerprint density at radius 3 is 2.57 bits per heavy atom. The maximum Gasteiger partial charge on any atom is 0.0707 e. The van der Waals surface area contributed by atoms with Crippen LogP contribution >= 0.6 is 0 Å². The first-order valence-corrected chi connectivity index (χ1v) is 9.51. The molecule has 0 amide bonds. The Balaban J connectivity index is 1.25. The van der Waals surface area contributed by atoms with Crippen molar-refractivity contribution in [2.45, 2.75) is 88.5 Å². The quantitative estimate of drug-likeness (QED) is 0.843. The van der Waals surface area contributed by atoms with E-state index in [9.17, 15) is 0 Å². The molecule has 4 atom stereocenters. The van der Waals surface area contributed by atoms with E-state index in [0.717, 1.165) is 24.5 Å². The zero-order chi connectivity index (χ0) is 14.1. The fourth-order valence-electron chi connectivity index (χ4n) is 4.87. The zero-order valence-electron chi connectivity index (χ0n) is 13.4. The molecule has 2 saturated carbocycles. The summed E-state index contributed by atoms with van der Waals surface area (Å²) in [6.07, 6.45) is 15.1. The third kappa shape index (κ3) is 3.62. The summed E-state index contributed by atoms with van der Waals surface area (Å²) in [7, 11) is 0. The van der Waals surface area contributed by atoms with Gasteiger partial charge in [-0.05, 0) is 63.8 Å². The molecular formula is C18H32N2O. The minimum absolute atomic E-state index is 0.488. The molecule has 1 N–H and O–H groups in total. The van der Waals surface area contributed by atoms with Crippen LogP contribution < -0.4 is 5.32 Å². The summed E-state index contributed by atoms with van der Waals surface area (Å²) in [5.41, 5.74) is 0. The predicted molar refractivity (Wildman–Crippen MR) is 85.5 cm³/mol. The highest BCUT2D eigenvalue weighted by Crippen LogP contribution is 2.36. The summed E-state index contributed by atoms with van der Waals surface area (Å²) in [4.78, 5) is 2.80. The van der Waals surface area contributed by atoms with Gasteiger partial charge in [0.2, 0.25) is 0 Å². The van der Waals surface area contributed by atoms with Crippen molar-refractivity contribution in [2.75, 3.05) is 19.6 Å². The van der Waals surface area contributed by atoms with Crippen LogP contribution in [0.25, 0.3) is 0 Å². The van der Waals surface area contributed by atoms with Crippen molar-refractivity contribution >= 4 is 0 Å². The van der Waals surface area contributed by atoms with E-state index in [4.69, 9.17) is 4.74 Å². The molecule has 4 rings (SSSR count). The van der Waals surface area contributed by atoms with E-state index in [1.807, 2.05) is 0 Å². The van der Waals surface area contributed by atoms with Gasteiger partial charge in [0.25, 0.3) is 0 Å². The van der Waals surface area contributed by atoms with Crippen LogP contribution in [0.1, 0.15) is 64.2 Å². The molecule has 4 fully saturated rings. The van der Waals surface area contributed by atoms with E-state index >= 15 is 0 Å². The van der Waals surface area contributed by atoms with Gasteiger partial charge in [-0.2, -0.15) is 0 Å². The van der Waals surface area contributed by atoms with E-state index < -0.39 is 0 Å². The third-order valence-corrected chi connectivity index (χ3v) is 6.20. The molecule has 0 radical (unpaired) electrons. The van der Waals surface area contributed by atoms with Crippen molar-refractivity contribution in [3.05, 3.63) is 0 Å². The average molecular weight is 292 g/mol. The van der Waals surface area contributed by atoms with Gasteiger partial charge < -0.3 is 10.1 Å². The van der Waals surface area contributed by atoms with Gasteiger partial charge in [0, 0.05) is 25.2 Å². The molecule has 120 valence electrons. The van der Waals surface area contributed by atoms with Gasteiger partial charge in [0.1, 0.15) is 0 Å². The van der Waals surface area contributed by atoms with Crippen LogP contribution in [0.3, 0.4) is 0 Å². The molecule has 2 heterocycles. The topological polar surface area (TPSA) is 24.5 Å². The molecule has 3 nitrogen and oxygen atoms in total. The lowest BCUT2D eigenvalue weighted by atomic mass is 9.78. The minimum Gasteiger partial charge on any atom is -0.372 e. The van der Waals surface area contributed by atoms with Gasteiger partial charge in [0.05, 0.1) is 12.2 Å². The number of fused-ring (bicyclic) bond motifs is 1. The third-order valence-electron chi connectivity index (χ3n) is 6.20. The first kappa shape index (κ1) is 14.5. The van der Waals surface area contributed by atoms with Crippen LogP contribution in [0.2, 0.25) is 0 Å². The maximum atomic E-state index is 6.32. The van der Waals surface area contributed by atoms with E-state index in [2.05, 4.69) is 10.2 Å². The van der Waals surface area contributed by atoms with Gasteiger partial charge in [-0.25, -0.2) is 0 Å². The second-order valence-electron chi connectivity index (χ2n) is 7.89. The van der Waals surface area contributed by atoms with E-state index in [0.29, 0.717) is 12.2 Å². The largest absolute Gasteiger partial charge is 0.372 e. The molecule has 0 aromatic heterocycles. The van der Waals surface area contributed by atoms with Crippen LogP contribution in [0.5, 0.6) is 0 Å².